The van der Waals surface area contributed by atoms with Crippen molar-refractivity contribution in [3.05, 3.63) is 34.6 Å². The van der Waals surface area contributed by atoms with Gasteiger partial charge in [-0.15, -0.1) is 24.0 Å². The first kappa shape index (κ1) is 23.2. The molecule has 6 nitrogen and oxygen atoms in total. The molecule has 0 unspecified atom stereocenters. The van der Waals surface area contributed by atoms with E-state index in [2.05, 4.69) is 25.4 Å². The van der Waals surface area contributed by atoms with Crippen LogP contribution >= 0.6 is 35.6 Å². The first-order valence-corrected chi connectivity index (χ1v) is 9.85. The number of aliphatic imine (C=N–C) groups is 1. The van der Waals surface area contributed by atoms with Crippen LogP contribution in [-0.4, -0.2) is 74.0 Å². The zero-order chi connectivity index (χ0) is 19.2. The van der Waals surface area contributed by atoms with Gasteiger partial charge in [-0.25, -0.2) is 4.39 Å². The zero-order valence-electron chi connectivity index (χ0n) is 16.1. The van der Waals surface area contributed by atoms with Crippen molar-refractivity contribution >= 4 is 47.4 Å². The lowest BCUT2D eigenvalue weighted by Crippen LogP contribution is -2.54. The quantitative estimate of drug-likeness (QED) is 0.341. The van der Waals surface area contributed by atoms with E-state index in [0.717, 1.165) is 45.0 Å². The highest BCUT2D eigenvalue weighted by atomic mass is 127. The first-order chi connectivity index (χ1) is 13.1. The Balaban J connectivity index is 0.00000280. The Morgan fingerprint density at radius 2 is 2.00 bits per heavy atom. The third kappa shape index (κ3) is 6.73. The number of hydrogen-bond donors (Lipinski definition) is 2. The molecule has 1 aliphatic heterocycles. The molecule has 9 heteroatoms. The van der Waals surface area contributed by atoms with Crippen molar-refractivity contribution in [3.8, 4) is 0 Å². The molecule has 0 bridgehead atoms. The second kappa shape index (κ2) is 11.2. The summed E-state index contributed by atoms with van der Waals surface area (Å²) < 4.78 is 13.9. The highest BCUT2D eigenvalue weighted by Crippen LogP contribution is 2.19. The van der Waals surface area contributed by atoms with Crippen LogP contribution in [0.15, 0.2) is 23.2 Å². The lowest BCUT2D eigenvalue weighted by atomic mass is 10.1. The van der Waals surface area contributed by atoms with Gasteiger partial charge in [0, 0.05) is 56.4 Å². The largest absolute Gasteiger partial charge is 0.356 e. The Hall–Kier alpha value is -1.13. The fourth-order valence-corrected chi connectivity index (χ4v) is 3.48. The Labute approximate surface area is 187 Å². The second-order valence-corrected chi connectivity index (χ2v) is 7.44. The summed E-state index contributed by atoms with van der Waals surface area (Å²) in [5.74, 6) is 0.636. The fraction of sp³-hybridized carbons (Fsp3) is 0.579. The summed E-state index contributed by atoms with van der Waals surface area (Å²) in [5, 5.41) is 6.76. The molecule has 0 spiro atoms. The number of benzene rings is 1. The van der Waals surface area contributed by atoms with Gasteiger partial charge in [-0.3, -0.25) is 14.7 Å². The van der Waals surface area contributed by atoms with E-state index in [9.17, 15) is 9.18 Å². The summed E-state index contributed by atoms with van der Waals surface area (Å²) in [6.07, 6.45) is 2.71. The van der Waals surface area contributed by atoms with Crippen LogP contribution in [0.25, 0.3) is 0 Å². The van der Waals surface area contributed by atoms with Crippen LogP contribution in [0.5, 0.6) is 0 Å². The van der Waals surface area contributed by atoms with Crippen molar-refractivity contribution in [2.75, 3.05) is 46.3 Å². The third-order valence-corrected chi connectivity index (χ3v) is 5.27. The van der Waals surface area contributed by atoms with Gasteiger partial charge in [-0.05, 0) is 31.4 Å². The fourth-order valence-electron chi connectivity index (χ4n) is 3.22. The minimum absolute atomic E-state index is 0. The van der Waals surface area contributed by atoms with Crippen LogP contribution in [0, 0.1) is 5.82 Å². The number of nitrogens with one attached hydrogen (secondary N) is 2. The monoisotopic (exact) mass is 523 g/mol. The van der Waals surface area contributed by atoms with Gasteiger partial charge in [0.25, 0.3) is 0 Å². The normalized spacial score (nSPS) is 17.8. The molecule has 3 rings (SSSR count). The van der Waals surface area contributed by atoms with Crippen LogP contribution in [0.3, 0.4) is 0 Å². The topological polar surface area (TPSA) is 60.0 Å². The molecule has 1 aromatic carbocycles. The van der Waals surface area contributed by atoms with Crippen LogP contribution < -0.4 is 10.6 Å². The molecule has 156 valence electrons. The van der Waals surface area contributed by atoms with Crippen molar-refractivity contribution < 1.29 is 9.18 Å². The van der Waals surface area contributed by atoms with Crippen LogP contribution in [0.1, 0.15) is 18.4 Å². The number of hydrogen-bond acceptors (Lipinski definition) is 3. The molecule has 2 fully saturated rings. The smallest absolute Gasteiger partial charge is 0.234 e. The summed E-state index contributed by atoms with van der Waals surface area (Å²) in [6, 6.07) is 5.14. The van der Waals surface area contributed by atoms with E-state index in [1.54, 1.807) is 19.2 Å². The summed E-state index contributed by atoms with van der Waals surface area (Å²) in [7, 11) is 1.74. The molecule has 1 saturated heterocycles. The van der Waals surface area contributed by atoms with Gasteiger partial charge in [-0.2, -0.15) is 0 Å². The molecule has 1 aliphatic carbocycles. The molecule has 1 saturated carbocycles. The van der Waals surface area contributed by atoms with Crippen molar-refractivity contribution in [1.29, 1.82) is 0 Å². The molecule has 0 atom stereocenters. The van der Waals surface area contributed by atoms with Gasteiger partial charge in [0.1, 0.15) is 5.82 Å². The van der Waals surface area contributed by atoms with Crippen LogP contribution in [0.4, 0.5) is 4.39 Å². The summed E-state index contributed by atoms with van der Waals surface area (Å²) in [5.41, 5.74) is 0.522. The van der Waals surface area contributed by atoms with Gasteiger partial charge in [-0.1, -0.05) is 17.7 Å². The molecular formula is C19H28ClFIN5O. The number of guanidine groups is 1. The molecule has 0 aromatic heterocycles. The lowest BCUT2D eigenvalue weighted by Gasteiger charge is -2.36. The zero-order valence-corrected chi connectivity index (χ0v) is 19.2. The lowest BCUT2D eigenvalue weighted by molar-refractivity contribution is -0.122. The predicted molar refractivity (Wildman–Crippen MR) is 121 cm³/mol. The molecule has 2 aliphatic rings. The van der Waals surface area contributed by atoms with E-state index >= 15 is 0 Å². The van der Waals surface area contributed by atoms with E-state index in [4.69, 9.17) is 11.6 Å². The van der Waals surface area contributed by atoms with E-state index in [-0.39, 0.29) is 35.7 Å². The average Bonchev–Trinajstić information content (AvgIpc) is 3.45. The SMILES string of the molecule is CN=C(NCCc1c(F)cccc1Cl)N1CCN(CC(=O)NC2CC2)CC1.I. The number of rotatable bonds is 6. The number of nitrogens with zero attached hydrogens (tertiary/aromatic N) is 3. The van der Waals surface area contributed by atoms with E-state index < -0.39 is 0 Å². The van der Waals surface area contributed by atoms with E-state index in [1.807, 2.05) is 0 Å². The Kier molecular flexibility index (Phi) is 9.23. The molecule has 1 aromatic rings. The van der Waals surface area contributed by atoms with Gasteiger partial charge in [0.2, 0.25) is 5.91 Å². The Morgan fingerprint density at radius 1 is 1.29 bits per heavy atom. The minimum atomic E-state index is -0.280. The Bertz CT molecular complexity index is 673. The first-order valence-electron chi connectivity index (χ1n) is 9.47. The molecule has 1 amide bonds. The van der Waals surface area contributed by atoms with Gasteiger partial charge in [0.05, 0.1) is 6.54 Å². The molecular weight excluding hydrogens is 496 g/mol. The maximum Gasteiger partial charge on any atom is 0.234 e. The molecule has 1 heterocycles. The van der Waals surface area contributed by atoms with Gasteiger partial charge in [0.15, 0.2) is 5.96 Å². The number of carbonyl (C=O) groups is 1. The maximum atomic E-state index is 13.9. The number of halogens is 3. The summed E-state index contributed by atoms with van der Waals surface area (Å²) in [6.45, 7) is 4.25. The third-order valence-electron chi connectivity index (χ3n) is 4.91. The summed E-state index contributed by atoms with van der Waals surface area (Å²) in [4.78, 5) is 20.6. The van der Waals surface area contributed by atoms with Gasteiger partial charge < -0.3 is 15.5 Å². The second-order valence-electron chi connectivity index (χ2n) is 7.03. The highest BCUT2D eigenvalue weighted by molar-refractivity contribution is 14.0. The number of carbonyl (C=O) groups excluding carboxylic acids is 1. The van der Waals surface area contributed by atoms with E-state index in [1.165, 1.54) is 6.07 Å². The molecule has 28 heavy (non-hydrogen) atoms. The predicted octanol–water partition coefficient (Wildman–Crippen LogP) is 2.11. The molecule has 0 radical (unpaired) electrons. The Morgan fingerprint density at radius 3 is 2.61 bits per heavy atom. The van der Waals surface area contributed by atoms with Crippen molar-refractivity contribution in [2.45, 2.75) is 25.3 Å². The number of amides is 1. The van der Waals surface area contributed by atoms with Crippen molar-refractivity contribution in [1.82, 2.24) is 20.4 Å². The summed E-state index contributed by atoms with van der Waals surface area (Å²) >= 11 is 6.07. The maximum absolute atomic E-state index is 13.9. The van der Waals surface area contributed by atoms with Crippen LogP contribution in [-0.2, 0) is 11.2 Å². The number of piperazine rings is 1. The minimum Gasteiger partial charge on any atom is -0.356 e. The van der Waals surface area contributed by atoms with Crippen molar-refractivity contribution in [3.63, 3.8) is 0 Å². The van der Waals surface area contributed by atoms with Gasteiger partial charge >= 0.3 is 0 Å². The standard InChI is InChI=1S/C19H27ClFN5O.HI/c1-22-19(23-8-7-15-16(20)3-2-4-17(15)21)26-11-9-25(10-12-26)13-18(27)24-14-5-6-14;/h2-4,14H,5-13H2,1H3,(H,22,23)(H,24,27);1H. The molecule has 2 N–H and O–H groups in total. The highest BCUT2D eigenvalue weighted by Gasteiger charge is 2.25. The average molecular weight is 524 g/mol. The van der Waals surface area contributed by atoms with Crippen molar-refractivity contribution in [2.24, 2.45) is 4.99 Å². The van der Waals surface area contributed by atoms with E-state index in [0.29, 0.717) is 36.1 Å². The van der Waals surface area contributed by atoms with Crippen LogP contribution in [0.2, 0.25) is 5.02 Å².